The molecule has 0 aliphatic heterocycles. The first-order valence-electron chi connectivity index (χ1n) is 7.84. The maximum Gasteiger partial charge on any atom is 0.215 e. The average molecular weight is 310 g/mol. The van der Waals surface area contributed by atoms with Crippen LogP contribution in [0.3, 0.4) is 0 Å². The molecule has 0 bridgehead atoms. The highest BCUT2D eigenvalue weighted by atomic mass is 32.2. The molecule has 1 aromatic rings. The quantitative estimate of drug-likeness (QED) is 0.725. The van der Waals surface area contributed by atoms with Gasteiger partial charge in [0.2, 0.25) is 10.0 Å². The molecule has 0 amide bonds. The number of rotatable bonds is 8. The molecule has 1 saturated carbocycles. The Morgan fingerprint density at radius 2 is 1.71 bits per heavy atom. The second-order valence-electron chi connectivity index (χ2n) is 5.97. The van der Waals surface area contributed by atoms with Gasteiger partial charge < -0.3 is 5.73 Å². The maximum absolute atomic E-state index is 12.0. The zero-order valence-electron chi connectivity index (χ0n) is 12.6. The molecule has 0 unspecified atom stereocenters. The molecule has 2 rings (SSSR count). The number of hydrogen-bond acceptors (Lipinski definition) is 3. The van der Waals surface area contributed by atoms with Crippen LogP contribution in [-0.4, -0.2) is 15.0 Å². The van der Waals surface area contributed by atoms with Crippen LogP contribution in [0.4, 0.5) is 0 Å². The van der Waals surface area contributed by atoms with Crippen molar-refractivity contribution in [2.45, 2.75) is 50.8 Å². The first-order chi connectivity index (χ1) is 10.1. The van der Waals surface area contributed by atoms with Gasteiger partial charge in [-0.1, -0.05) is 49.9 Å². The van der Waals surface area contributed by atoms with Crippen LogP contribution in [0.25, 0.3) is 0 Å². The van der Waals surface area contributed by atoms with E-state index in [0.29, 0.717) is 13.1 Å². The van der Waals surface area contributed by atoms with E-state index < -0.39 is 10.0 Å². The molecule has 1 aromatic carbocycles. The fourth-order valence-corrected chi connectivity index (χ4v) is 4.15. The molecule has 3 N–H and O–H groups in total. The van der Waals surface area contributed by atoms with Crippen molar-refractivity contribution in [1.29, 1.82) is 0 Å². The summed E-state index contributed by atoms with van der Waals surface area (Å²) in [6, 6.07) is 7.43. The van der Waals surface area contributed by atoms with Gasteiger partial charge in [-0.25, -0.2) is 13.1 Å². The van der Waals surface area contributed by atoms with Crippen LogP contribution in [-0.2, 0) is 22.3 Å². The summed E-state index contributed by atoms with van der Waals surface area (Å²) in [6.45, 7) is 1.03. The van der Waals surface area contributed by atoms with Crippen LogP contribution >= 0.6 is 0 Å². The Balaban J connectivity index is 1.72. The van der Waals surface area contributed by atoms with Crippen molar-refractivity contribution in [3.63, 3.8) is 0 Å². The van der Waals surface area contributed by atoms with Crippen molar-refractivity contribution in [1.82, 2.24) is 4.72 Å². The molecule has 1 aliphatic carbocycles. The first-order valence-corrected chi connectivity index (χ1v) is 9.49. The molecular weight excluding hydrogens is 284 g/mol. The van der Waals surface area contributed by atoms with E-state index in [1.807, 2.05) is 24.3 Å². The van der Waals surface area contributed by atoms with Gasteiger partial charge in [0.25, 0.3) is 0 Å². The highest BCUT2D eigenvalue weighted by Crippen LogP contribution is 2.28. The first kappa shape index (κ1) is 16.5. The highest BCUT2D eigenvalue weighted by molar-refractivity contribution is 7.88. The molecular formula is C16H26N2O2S. The number of hydrogen-bond donors (Lipinski definition) is 2. The van der Waals surface area contributed by atoms with Crippen molar-refractivity contribution < 1.29 is 8.42 Å². The minimum absolute atomic E-state index is 0.0429. The van der Waals surface area contributed by atoms with Gasteiger partial charge in [0.05, 0.1) is 5.75 Å². The Kier molecular flexibility index (Phi) is 6.21. The number of nitrogens with two attached hydrogens (primary N) is 1. The second kappa shape index (κ2) is 7.92. The zero-order valence-corrected chi connectivity index (χ0v) is 13.4. The summed E-state index contributed by atoms with van der Waals surface area (Å²) in [5, 5.41) is 0. The lowest BCUT2D eigenvalue weighted by Crippen LogP contribution is -2.26. The van der Waals surface area contributed by atoms with E-state index in [9.17, 15) is 8.42 Å². The van der Waals surface area contributed by atoms with Gasteiger partial charge in [0, 0.05) is 13.1 Å². The van der Waals surface area contributed by atoms with E-state index in [2.05, 4.69) is 4.72 Å². The summed E-state index contributed by atoms with van der Waals surface area (Å²) in [4.78, 5) is 0. The SMILES string of the molecule is NCc1ccc(CS(=O)(=O)NCCCC2CCCC2)cc1. The lowest BCUT2D eigenvalue weighted by Gasteiger charge is -2.10. The predicted octanol–water partition coefficient (Wildman–Crippen LogP) is 2.54. The van der Waals surface area contributed by atoms with Gasteiger partial charge in [0.1, 0.15) is 0 Å². The van der Waals surface area contributed by atoms with E-state index in [1.54, 1.807) is 0 Å². The maximum atomic E-state index is 12.0. The Bertz CT molecular complexity index is 520. The Morgan fingerprint density at radius 1 is 1.10 bits per heavy atom. The molecule has 0 aromatic heterocycles. The van der Waals surface area contributed by atoms with Crippen LogP contribution < -0.4 is 10.5 Å². The molecule has 4 nitrogen and oxygen atoms in total. The monoisotopic (exact) mass is 310 g/mol. The lowest BCUT2D eigenvalue weighted by molar-refractivity contribution is 0.480. The summed E-state index contributed by atoms with van der Waals surface area (Å²) in [6.07, 6.45) is 7.41. The summed E-state index contributed by atoms with van der Waals surface area (Å²) in [5.41, 5.74) is 7.35. The smallest absolute Gasteiger partial charge is 0.215 e. The molecule has 0 saturated heterocycles. The minimum Gasteiger partial charge on any atom is -0.326 e. The van der Waals surface area contributed by atoms with Crippen molar-refractivity contribution in [3.8, 4) is 0 Å². The van der Waals surface area contributed by atoms with Gasteiger partial charge in [0.15, 0.2) is 0 Å². The predicted molar refractivity (Wildman–Crippen MR) is 86.2 cm³/mol. The summed E-state index contributed by atoms with van der Waals surface area (Å²) in [5.74, 6) is 0.861. The van der Waals surface area contributed by atoms with Gasteiger partial charge >= 0.3 is 0 Å². The molecule has 1 fully saturated rings. The summed E-state index contributed by atoms with van der Waals surface area (Å²) in [7, 11) is -3.23. The van der Waals surface area contributed by atoms with Gasteiger partial charge in [-0.3, -0.25) is 0 Å². The van der Waals surface area contributed by atoms with Crippen LogP contribution in [0.5, 0.6) is 0 Å². The molecule has 118 valence electrons. The van der Waals surface area contributed by atoms with E-state index >= 15 is 0 Å². The largest absolute Gasteiger partial charge is 0.326 e. The molecule has 5 heteroatoms. The second-order valence-corrected chi connectivity index (χ2v) is 7.77. The normalized spacial score (nSPS) is 16.4. The number of benzene rings is 1. The zero-order chi connectivity index (χ0) is 15.1. The third-order valence-electron chi connectivity index (χ3n) is 4.20. The summed E-state index contributed by atoms with van der Waals surface area (Å²) >= 11 is 0. The van der Waals surface area contributed by atoms with Crippen LogP contribution in [0.15, 0.2) is 24.3 Å². The van der Waals surface area contributed by atoms with E-state index in [1.165, 1.54) is 25.7 Å². The fraction of sp³-hybridized carbons (Fsp3) is 0.625. The Morgan fingerprint density at radius 3 is 2.33 bits per heavy atom. The Hall–Kier alpha value is -0.910. The van der Waals surface area contributed by atoms with Gasteiger partial charge in [-0.15, -0.1) is 0 Å². The van der Waals surface area contributed by atoms with Crippen molar-refractivity contribution >= 4 is 10.0 Å². The average Bonchev–Trinajstić information content (AvgIpc) is 2.97. The summed E-state index contributed by atoms with van der Waals surface area (Å²) < 4.78 is 26.7. The third-order valence-corrected chi connectivity index (χ3v) is 5.56. The minimum atomic E-state index is -3.23. The van der Waals surface area contributed by atoms with Crippen molar-refractivity contribution in [2.24, 2.45) is 11.7 Å². The standard InChI is InChI=1S/C16H26N2O2S/c17-12-15-7-9-16(10-8-15)13-21(19,20)18-11-3-6-14-4-1-2-5-14/h7-10,14,18H,1-6,11-13,17H2. The van der Waals surface area contributed by atoms with Crippen molar-refractivity contribution in [2.75, 3.05) is 6.54 Å². The van der Waals surface area contributed by atoms with Crippen LogP contribution in [0.2, 0.25) is 0 Å². The van der Waals surface area contributed by atoms with Crippen molar-refractivity contribution in [3.05, 3.63) is 35.4 Å². The fourth-order valence-electron chi connectivity index (χ4n) is 2.96. The topological polar surface area (TPSA) is 72.2 Å². The van der Waals surface area contributed by atoms with E-state index in [0.717, 1.165) is 29.9 Å². The molecule has 0 atom stereocenters. The van der Waals surface area contributed by atoms with Crippen LogP contribution in [0, 0.1) is 5.92 Å². The molecule has 1 aliphatic rings. The Labute approximate surface area is 128 Å². The van der Waals surface area contributed by atoms with Crippen LogP contribution in [0.1, 0.15) is 49.7 Å². The number of sulfonamides is 1. The highest BCUT2D eigenvalue weighted by Gasteiger charge is 2.15. The molecule has 0 heterocycles. The number of nitrogens with one attached hydrogen (secondary N) is 1. The lowest BCUT2D eigenvalue weighted by atomic mass is 10.0. The van der Waals surface area contributed by atoms with Gasteiger partial charge in [-0.05, 0) is 29.9 Å². The molecule has 0 spiro atoms. The van der Waals surface area contributed by atoms with E-state index in [4.69, 9.17) is 5.73 Å². The molecule has 21 heavy (non-hydrogen) atoms. The van der Waals surface area contributed by atoms with E-state index in [-0.39, 0.29) is 5.75 Å². The van der Waals surface area contributed by atoms with Gasteiger partial charge in [-0.2, -0.15) is 0 Å². The molecule has 0 radical (unpaired) electrons. The third kappa shape index (κ3) is 5.77.